The van der Waals surface area contributed by atoms with Gasteiger partial charge in [0.15, 0.2) is 5.78 Å². The standard InChI is InChI=1S/C28H22N2O3S/c1-19-23(22-14-8-9-15-24(22)29(19)17-20-10-4-2-5-11-20)16-26-27(32)30(28(33)34-26)18-25(31)21-12-6-3-7-13-21/h2-16H,17-18H2,1H3/b26-16-. The van der Waals surface area contributed by atoms with Gasteiger partial charge in [0.05, 0.1) is 11.4 Å². The number of Topliss-reactive ketones (excluding diaryl/α,β-unsaturated/α-hetero) is 1. The third-order valence-electron chi connectivity index (χ3n) is 6.01. The molecule has 5 nitrogen and oxygen atoms in total. The van der Waals surface area contributed by atoms with Gasteiger partial charge in [0.25, 0.3) is 11.1 Å². The molecule has 1 aliphatic heterocycles. The lowest BCUT2D eigenvalue weighted by molar-refractivity contribution is -0.122. The zero-order chi connectivity index (χ0) is 23.7. The molecular weight excluding hydrogens is 444 g/mol. The number of nitrogens with zero attached hydrogens (tertiary/aromatic N) is 2. The predicted octanol–water partition coefficient (Wildman–Crippen LogP) is 5.92. The van der Waals surface area contributed by atoms with Gasteiger partial charge in [-0.15, -0.1) is 0 Å². The number of amides is 2. The summed E-state index contributed by atoms with van der Waals surface area (Å²) in [6.07, 6.45) is 1.79. The van der Waals surface area contributed by atoms with Crippen molar-refractivity contribution >= 4 is 45.7 Å². The van der Waals surface area contributed by atoms with Gasteiger partial charge in [-0.05, 0) is 36.4 Å². The summed E-state index contributed by atoms with van der Waals surface area (Å²) in [6, 6.07) is 27.0. The number of aromatic nitrogens is 1. The van der Waals surface area contributed by atoms with Gasteiger partial charge in [-0.25, -0.2) is 0 Å². The Hall–Kier alpha value is -3.90. The average molecular weight is 467 g/mol. The number of hydrogen-bond acceptors (Lipinski definition) is 4. The topological polar surface area (TPSA) is 59.4 Å². The summed E-state index contributed by atoms with van der Waals surface area (Å²) in [5.41, 5.74) is 4.64. The van der Waals surface area contributed by atoms with E-state index in [1.165, 1.54) is 5.56 Å². The van der Waals surface area contributed by atoms with E-state index >= 15 is 0 Å². The minimum Gasteiger partial charge on any atom is -0.340 e. The first-order valence-electron chi connectivity index (χ1n) is 11.0. The van der Waals surface area contributed by atoms with Gasteiger partial charge >= 0.3 is 0 Å². The van der Waals surface area contributed by atoms with E-state index < -0.39 is 11.1 Å². The Balaban J connectivity index is 1.48. The van der Waals surface area contributed by atoms with Crippen LogP contribution in [0.3, 0.4) is 0 Å². The van der Waals surface area contributed by atoms with Crippen molar-refractivity contribution < 1.29 is 14.4 Å². The number of fused-ring (bicyclic) bond motifs is 1. The van der Waals surface area contributed by atoms with Crippen molar-refractivity contribution in [2.75, 3.05) is 6.54 Å². The van der Waals surface area contributed by atoms with Crippen LogP contribution in [0.5, 0.6) is 0 Å². The normalized spacial score (nSPS) is 15.0. The summed E-state index contributed by atoms with van der Waals surface area (Å²) in [5.74, 6) is -0.696. The number of imide groups is 1. The summed E-state index contributed by atoms with van der Waals surface area (Å²) in [5, 5.41) is 0.592. The first-order chi connectivity index (χ1) is 16.5. The second kappa shape index (κ2) is 9.15. The number of hydrogen-bond donors (Lipinski definition) is 0. The Bertz CT molecular complexity index is 1440. The van der Waals surface area contributed by atoms with Crippen LogP contribution in [-0.4, -0.2) is 32.9 Å². The fourth-order valence-corrected chi connectivity index (χ4v) is 5.06. The molecule has 168 valence electrons. The summed E-state index contributed by atoms with van der Waals surface area (Å²) in [7, 11) is 0. The highest BCUT2D eigenvalue weighted by molar-refractivity contribution is 8.18. The molecule has 6 heteroatoms. The first-order valence-corrected chi connectivity index (χ1v) is 11.8. The quantitative estimate of drug-likeness (QED) is 0.262. The molecular formula is C28H22N2O3S. The lowest BCUT2D eigenvalue weighted by atomic mass is 10.1. The zero-order valence-corrected chi connectivity index (χ0v) is 19.4. The molecule has 1 saturated heterocycles. The maximum absolute atomic E-state index is 13.1. The molecule has 4 aromatic rings. The maximum atomic E-state index is 13.1. The number of benzene rings is 3. The predicted molar refractivity (Wildman–Crippen MR) is 136 cm³/mol. The van der Waals surface area contributed by atoms with Gasteiger partial charge in [0.1, 0.15) is 0 Å². The molecule has 0 bridgehead atoms. The van der Waals surface area contributed by atoms with Gasteiger partial charge in [-0.1, -0.05) is 78.9 Å². The van der Waals surface area contributed by atoms with Crippen molar-refractivity contribution in [3.63, 3.8) is 0 Å². The Kier molecular flexibility index (Phi) is 5.90. The highest BCUT2D eigenvalue weighted by atomic mass is 32.2. The molecule has 0 aliphatic carbocycles. The molecule has 0 radical (unpaired) electrons. The molecule has 1 fully saturated rings. The Morgan fingerprint density at radius 1 is 0.882 bits per heavy atom. The molecule has 2 amide bonds. The summed E-state index contributed by atoms with van der Waals surface area (Å²) >= 11 is 0.881. The minimum absolute atomic E-state index is 0.263. The van der Waals surface area contributed by atoms with Crippen LogP contribution in [0.1, 0.15) is 27.2 Å². The van der Waals surface area contributed by atoms with Crippen LogP contribution in [0.15, 0.2) is 89.8 Å². The molecule has 1 aliphatic rings. The van der Waals surface area contributed by atoms with Gasteiger partial charge in [-0.3, -0.25) is 19.3 Å². The summed E-state index contributed by atoms with van der Waals surface area (Å²) in [4.78, 5) is 39.7. The van der Waals surface area contributed by atoms with Gasteiger partial charge < -0.3 is 4.57 Å². The van der Waals surface area contributed by atoms with E-state index in [-0.39, 0.29) is 12.3 Å². The lowest BCUT2D eigenvalue weighted by Gasteiger charge is -2.11. The van der Waals surface area contributed by atoms with Gasteiger partial charge in [0, 0.05) is 34.3 Å². The van der Waals surface area contributed by atoms with Crippen molar-refractivity contribution in [3.8, 4) is 0 Å². The van der Waals surface area contributed by atoms with Crippen LogP contribution in [-0.2, 0) is 11.3 Å². The van der Waals surface area contributed by atoms with E-state index in [9.17, 15) is 14.4 Å². The molecule has 1 aromatic heterocycles. The molecule has 0 atom stereocenters. The molecule has 5 rings (SSSR count). The number of para-hydroxylation sites is 1. The summed E-state index contributed by atoms with van der Waals surface area (Å²) in [6.45, 7) is 2.47. The van der Waals surface area contributed by atoms with Crippen molar-refractivity contribution in [2.24, 2.45) is 0 Å². The number of thioether (sulfide) groups is 1. The minimum atomic E-state index is -0.432. The van der Waals surface area contributed by atoms with Crippen LogP contribution < -0.4 is 0 Å². The highest BCUT2D eigenvalue weighted by Crippen LogP contribution is 2.36. The van der Waals surface area contributed by atoms with Crippen LogP contribution in [0.25, 0.3) is 17.0 Å². The van der Waals surface area contributed by atoms with E-state index in [2.05, 4.69) is 22.8 Å². The molecule has 2 heterocycles. The van der Waals surface area contributed by atoms with E-state index in [0.717, 1.165) is 38.8 Å². The number of carbonyl (C=O) groups is 3. The van der Waals surface area contributed by atoms with E-state index in [1.54, 1.807) is 30.3 Å². The zero-order valence-electron chi connectivity index (χ0n) is 18.6. The van der Waals surface area contributed by atoms with E-state index in [0.29, 0.717) is 17.0 Å². The second-order valence-electron chi connectivity index (χ2n) is 8.15. The van der Waals surface area contributed by atoms with Crippen molar-refractivity contribution in [3.05, 3.63) is 112 Å². The van der Waals surface area contributed by atoms with Crippen LogP contribution in [0, 0.1) is 6.92 Å². The Morgan fingerprint density at radius 3 is 2.26 bits per heavy atom. The van der Waals surface area contributed by atoms with Gasteiger partial charge in [-0.2, -0.15) is 0 Å². The second-order valence-corrected chi connectivity index (χ2v) is 9.14. The van der Waals surface area contributed by atoms with Crippen LogP contribution >= 0.6 is 11.8 Å². The number of rotatable bonds is 6. The third kappa shape index (κ3) is 4.08. The Morgan fingerprint density at radius 2 is 1.53 bits per heavy atom. The van der Waals surface area contributed by atoms with Crippen molar-refractivity contribution in [1.82, 2.24) is 9.47 Å². The van der Waals surface area contributed by atoms with Crippen LogP contribution in [0.4, 0.5) is 4.79 Å². The molecule has 0 N–H and O–H groups in total. The van der Waals surface area contributed by atoms with Crippen LogP contribution in [0.2, 0.25) is 0 Å². The number of ketones is 1. The smallest absolute Gasteiger partial charge is 0.293 e. The molecule has 0 spiro atoms. The number of carbonyl (C=O) groups excluding carboxylic acids is 3. The fraction of sp³-hybridized carbons (Fsp3) is 0.107. The first kappa shape index (κ1) is 21.9. The summed E-state index contributed by atoms with van der Waals surface area (Å²) < 4.78 is 2.22. The molecule has 0 saturated carbocycles. The van der Waals surface area contributed by atoms with E-state index in [1.807, 2.05) is 49.4 Å². The van der Waals surface area contributed by atoms with Crippen molar-refractivity contribution in [1.29, 1.82) is 0 Å². The Labute approximate surface area is 201 Å². The lowest BCUT2D eigenvalue weighted by Crippen LogP contribution is -2.33. The SMILES string of the molecule is Cc1c(/C=C2\SC(=O)N(CC(=O)c3ccccc3)C2=O)c2ccccc2n1Cc1ccccc1. The monoisotopic (exact) mass is 466 g/mol. The average Bonchev–Trinajstić information content (AvgIpc) is 3.28. The fourth-order valence-electron chi connectivity index (χ4n) is 4.24. The highest BCUT2D eigenvalue weighted by Gasteiger charge is 2.36. The molecule has 34 heavy (non-hydrogen) atoms. The maximum Gasteiger partial charge on any atom is 0.293 e. The van der Waals surface area contributed by atoms with Crippen molar-refractivity contribution in [2.45, 2.75) is 13.5 Å². The third-order valence-corrected chi connectivity index (χ3v) is 6.92. The molecule has 3 aromatic carbocycles. The molecule has 0 unspecified atom stereocenters. The van der Waals surface area contributed by atoms with E-state index in [4.69, 9.17) is 0 Å². The van der Waals surface area contributed by atoms with Gasteiger partial charge in [0.2, 0.25) is 0 Å². The largest absolute Gasteiger partial charge is 0.340 e.